The molecule has 3 atom stereocenters. The first kappa shape index (κ1) is 13.8. The highest BCUT2D eigenvalue weighted by atomic mass is 19.1. The molecule has 0 amide bonds. The van der Waals surface area contributed by atoms with E-state index in [1.807, 2.05) is 0 Å². The van der Waals surface area contributed by atoms with Crippen molar-refractivity contribution in [2.75, 3.05) is 26.8 Å². The van der Waals surface area contributed by atoms with Crippen LogP contribution in [0.25, 0.3) is 0 Å². The molecule has 2 fully saturated rings. The van der Waals surface area contributed by atoms with Crippen molar-refractivity contribution in [2.24, 2.45) is 5.73 Å². The number of nitrogens with two attached hydrogens (primary N) is 1. The summed E-state index contributed by atoms with van der Waals surface area (Å²) in [6, 6.07) is 4.61. The number of benzene rings is 1. The maximum atomic E-state index is 13.5. The van der Waals surface area contributed by atoms with Crippen LogP contribution in [0.15, 0.2) is 18.2 Å². The maximum Gasteiger partial charge on any atom is 0.123 e. The van der Waals surface area contributed by atoms with Gasteiger partial charge in [-0.2, -0.15) is 0 Å². The van der Waals surface area contributed by atoms with E-state index in [9.17, 15) is 4.39 Å². The van der Waals surface area contributed by atoms with Crippen LogP contribution in [0.3, 0.4) is 0 Å². The zero-order valence-electron chi connectivity index (χ0n) is 11.7. The lowest BCUT2D eigenvalue weighted by Gasteiger charge is -2.38. The average Bonchev–Trinajstić information content (AvgIpc) is 2.93. The average molecular weight is 280 g/mol. The van der Waals surface area contributed by atoms with Gasteiger partial charge in [0.05, 0.1) is 25.9 Å². The van der Waals surface area contributed by atoms with Gasteiger partial charge in [-0.25, -0.2) is 4.39 Å². The van der Waals surface area contributed by atoms with E-state index in [0.29, 0.717) is 17.4 Å². The SMILES string of the molecule is COc1ccc(F)cc1C(N)C1CN2CCCC2CO1. The summed E-state index contributed by atoms with van der Waals surface area (Å²) < 4.78 is 24.6. The number of halogens is 1. The Labute approximate surface area is 118 Å². The Morgan fingerprint density at radius 1 is 1.50 bits per heavy atom. The van der Waals surface area contributed by atoms with Crippen LogP contribution in [0.4, 0.5) is 4.39 Å². The molecular formula is C15H21FN2O2. The highest BCUT2D eigenvalue weighted by Crippen LogP contribution is 2.31. The van der Waals surface area contributed by atoms with Crippen molar-refractivity contribution in [2.45, 2.75) is 31.0 Å². The predicted molar refractivity (Wildman–Crippen MR) is 74.2 cm³/mol. The Morgan fingerprint density at radius 2 is 2.35 bits per heavy atom. The molecule has 1 aromatic carbocycles. The molecule has 0 saturated carbocycles. The molecule has 5 heteroatoms. The number of hydrogen-bond acceptors (Lipinski definition) is 4. The fourth-order valence-electron chi connectivity index (χ4n) is 3.23. The lowest BCUT2D eigenvalue weighted by molar-refractivity contribution is -0.0599. The topological polar surface area (TPSA) is 47.7 Å². The van der Waals surface area contributed by atoms with Gasteiger partial charge in [0, 0.05) is 18.2 Å². The Morgan fingerprint density at radius 3 is 3.15 bits per heavy atom. The summed E-state index contributed by atoms with van der Waals surface area (Å²) in [6.07, 6.45) is 2.31. The van der Waals surface area contributed by atoms with Gasteiger partial charge in [0.15, 0.2) is 0 Å². The molecule has 2 saturated heterocycles. The normalized spacial score (nSPS) is 28.1. The van der Waals surface area contributed by atoms with Crippen LogP contribution in [-0.2, 0) is 4.74 Å². The van der Waals surface area contributed by atoms with Crippen LogP contribution in [0.2, 0.25) is 0 Å². The van der Waals surface area contributed by atoms with Crippen LogP contribution in [0, 0.1) is 5.82 Å². The van der Waals surface area contributed by atoms with Gasteiger partial charge in [-0.15, -0.1) is 0 Å². The number of methoxy groups -OCH3 is 1. The molecule has 2 N–H and O–H groups in total. The third-order valence-electron chi connectivity index (χ3n) is 4.37. The lowest BCUT2D eigenvalue weighted by atomic mass is 9.99. The van der Waals surface area contributed by atoms with Crippen LogP contribution < -0.4 is 10.5 Å². The molecule has 4 nitrogen and oxygen atoms in total. The number of nitrogens with zero attached hydrogens (tertiary/aromatic N) is 1. The molecule has 2 aliphatic rings. The Bertz CT molecular complexity index is 483. The minimum Gasteiger partial charge on any atom is -0.496 e. The fourth-order valence-corrected chi connectivity index (χ4v) is 3.23. The van der Waals surface area contributed by atoms with E-state index in [-0.39, 0.29) is 18.0 Å². The smallest absolute Gasteiger partial charge is 0.123 e. The zero-order chi connectivity index (χ0) is 14.1. The summed E-state index contributed by atoms with van der Waals surface area (Å²) in [5.74, 6) is 0.317. The van der Waals surface area contributed by atoms with Crippen LogP contribution in [0.1, 0.15) is 24.4 Å². The van der Waals surface area contributed by atoms with E-state index in [1.54, 1.807) is 13.2 Å². The molecule has 110 valence electrons. The molecule has 0 aromatic heterocycles. The highest BCUT2D eigenvalue weighted by Gasteiger charge is 2.35. The molecule has 0 bridgehead atoms. The van der Waals surface area contributed by atoms with Crippen molar-refractivity contribution in [1.82, 2.24) is 4.90 Å². The third kappa shape index (κ3) is 2.53. The third-order valence-corrected chi connectivity index (χ3v) is 4.37. The van der Waals surface area contributed by atoms with Crippen LogP contribution in [-0.4, -0.2) is 43.9 Å². The summed E-state index contributed by atoms with van der Waals surface area (Å²) in [5, 5.41) is 0. The van der Waals surface area contributed by atoms with Gasteiger partial charge in [-0.1, -0.05) is 0 Å². The Kier molecular flexibility index (Phi) is 3.92. The highest BCUT2D eigenvalue weighted by molar-refractivity contribution is 5.37. The number of morpholine rings is 1. The van der Waals surface area contributed by atoms with Gasteiger partial charge in [0.2, 0.25) is 0 Å². The maximum absolute atomic E-state index is 13.5. The van der Waals surface area contributed by atoms with Crippen LogP contribution in [0.5, 0.6) is 5.75 Å². The first-order chi connectivity index (χ1) is 9.69. The number of rotatable bonds is 3. The summed E-state index contributed by atoms with van der Waals surface area (Å²) >= 11 is 0. The van der Waals surface area contributed by atoms with Crippen molar-refractivity contribution >= 4 is 0 Å². The summed E-state index contributed by atoms with van der Waals surface area (Å²) in [6.45, 7) is 2.64. The molecule has 3 unspecified atom stereocenters. The molecule has 3 rings (SSSR count). The summed E-state index contributed by atoms with van der Waals surface area (Å²) in [4.78, 5) is 2.43. The number of fused-ring (bicyclic) bond motifs is 1. The molecule has 20 heavy (non-hydrogen) atoms. The number of ether oxygens (including phenoxy) is 2. The lowest BCUT2D eigenvalue weighted by Crippen LogP contribution is -2.49. The zero-order valence-corrected chi connectivity index (χ0v) is 11.7. The van der Waals surface area contributed by atoms with E-state index >= 15 is 0 Å². The van der Waals surface area contributed by atoms with Crippen molar-refractivity contribution in [3.05, 3.63) is 29.6 Å². The fraction of sp³-hybridized carbons (Fsp3) is 0.600. The molecule has 1 aromatic rings. The second-order valence-electron chi connectivity index (χ2n) is 5.57. The largest absolute Gasteiger partial charge is 0.496 e. The van der Waals surface area contributed by atoms with E-state index in [0.717, 1.165) is 19.7 Å². The Hall–Kier alpha value is -1.17. The van der Waals surface area contributed by atoms with Crippen LogP contribution >= 0.6 is 0 Å². The van der Waals surface area contributed by atoms with Gasteiger partial charge in [0.25, 0.3) is 0 Å². The van der Waals surface area contributed by atoms with E-state index in [1.165, 1.54) is 25.0 Å². The van der Waals surface area contributed by atoms with Crippen molar-refractivity contribution < 1.29 is 13.9 Å². The predicted octanol–water partition coefficient (Wildman–Crippen LogP) is 1.70. The summed E-state index contributed by atoms with van der Waals surface area (Å²) in [5.41, 5.74) is 6.98. The van der Waals surface area contributed by atoms with E-state index in [2.05, 4.69) is 4.90 Å². The minimum atomic E-state index is -0.373. The minimum absolute atomic E-state index is 0.111. The Balaban J connectivity index is 1.78. The molecule has 0 spiro atoms. The molecule has 0 radical (unpaired) electrons. The molecule has 0 aliphatic carbocycles. The van der Waals surface area contributed by atoms with Gasteiger partial charge >= 0.3 is 0 Å². The van der Waals surface area contributed by atoms with Gasteiger partial charge in [-0.05, 0) is 37.6 Å². The molecule has 2 aliphatic heterocycles. The first-order valence-corrected chi connectivity index (χ1v) is 7.13. The molecule has 2 heterocycles. The van der Waals surface area contributed by atoms with E-state index in [4.69, 9.17) is 15.2 Å². The van der Waals surface area contributed by atoms with E-state index < -0.39 is 0 Å². The van der Waals surface area contributed by atoms with Gasteiger partial charge < -0.3 is 15.2 Å². The van der Waals surface area contributed by atoms with Crippen molar-refractivity contribution in [3.8, 4) is 5.75 Å². The standard InChI is InChI=1S/C15H21FN2O2/c1-19-13-5-4-10(16)7-12(13)15(17)14-8-18-6-2-3-11(18)9-20-14/h4-5,7,11,14-15H,2-3,6,8-9,17H2,1H3. The molecular weight excluding hydrogens is 259 g/mol. The van der Waals surface area contributed by atoms with Crippen molar-refractivity contribution in [1.29, 1.82) is 0 Å². The van der Waals surface area contributed by atoms with Crippen molar-refractivity contribution in [3.63, 3.8) is 0 Å². The second kappa shape index (κ2) is 5.68. The first-order valence-electron chi connectivity index (χ1n) is 7.13. The van der Waals surface area contributed by atoms with Gasteiger partial charge in [-0.3, -0.25) is 4.90 Å². The second-order valence-corrected chi connectivity index (χ2v) is 5.57. The van der Waals surface area contributed by atoms with Gasteiger partial charge in [0.1, 0.15) is 11.6 Å². The monoisotopic (exact) mass is 280 g/mol. The number of hydrogen-bond donors (Lipinski definition) is 1. The summed E-state index contributed by atoms with van der Waals surface area (Å²) in [7, 11) is 1.57. The quantitative estimate of drug-likeness (QED) is 0.915.